The zero-order valence-corrected chi connectivity index (χ0v) is 18.8. The minimum Gasteiger partial charge on any atom is -0.365 e. The molecule has 0 saturated carbocycles. The first-order chi connectivity index (χ1) is 16.0. The third-order valence-corrected chi connectivity index (χ3v) is 6.83. The van der Waals surface area contributed by atoms with E-state index in [-0.39, 0.29) is 4.90 Å². The maximum absolute atomic E-state index is 11.5. The van der Waals surface area contributed by atoms with Gasteiger partial charge in [-0.15, -0.1) is 11.3 Å². The first-order valence-corrected chi connectivity index (χ1v) is 12.4. The molecule has 0 aliphatic rings. The summed E-state index contributed by atoms with van der Waals surface area (Å²) in [7, 11) is -3.73. The average Bonchev–Trinajstić information content (AvgIpc) is 3.28. The Morgan fingerprint density at radius 2 is 1.73 bits per heavy atom. The Bertz CT molecular complexity index is 1520. The fraction of sp³-hybridized carbons (Fsp3) is 0.0435. The van der Waals surface area contributed by atoms with Crippen LogP contribution in [0.4, 0.5) is 5.82 Å². The van der Waals surface area contributed by atoms with Gasteiger partial charge in [0.25, 0.3) is 0 Å². The van der Waals surface area contributed by atoms with Gasteiger partial charge in [-0.25, -0.2) is 23.5 Å². The van der Waals surface area contributed by atoms with Crippen LogP contribution in [0.3, 0.4) is 0 Å². The summed E-state index contributed by atoms with van der Waals surface area (Å²) in [6.45, 7) is 0.435. The summed E-state index contributed by atoms with van der Waals surface area (Å²) in [5.41, 5.74) is 3.59. The number of nitrogens with two attached hydrogens (primary N) is 1. The van der Waals surface area contributed by atoms with Gasteiger partial charge < -0.3 is 5.32 Å². The summed E-state index contributed by atoms with van der Waals surface area (Å²) in [6, 6.07) is 15.9. The molecule has 0 atom stereocenters. The lowest BCUT2D eigenvalue weighted by atomic mass is 10.1. The number of rotatable bonds is 6. The van der Waals surface area contributed by atoms with Gasteiger partial charge in [-0.3, -0.25) is 9.97 Å². The first kappa shape index (κ1) is 21.1. The normalized spacial score (nSPS) is 11.5. The smallest absolute Gasteiger partial charge is 0.238 e. The Morgan fingerprint density at radius 1 is 0.939 bits per heavy atom. The van der Waals surface area contributed by atoms with Crippen molar-refractivity contribution in [2.45, 2.75) is 11.4 Å². The van der Waals surface area contributed by atoms with E-state index in [0.29, 0.717) is 23.9 Å². The molecular weight excluding hydrogens is 456 g/mol. The highest BCUT2D eigenvalue weighted by molar-refractivity contribution is 7.89. The molecule has 5 rings (SSSR count). The molecule has 10 heteroatoms. The van der Waals surface area contributed by atoms with Crippen molar-refractivity contribution < 1.29 is 8.42 Å². The quantitative estimate of drug-likeness (QED) is 0.380. The lowest BCUT2D eigenvalue weighted by molar-refractivity contribution is 0.598. The topological polar surface area (TPSA) is 124 Å². The van der Waals surface area contributed by atoms with Gasteiger partial charge in [0.05, 0.1) is 10.3 Å². The SMILES string of the molecule is NS(=O)(=O)c1ccc(CNc2nc(-c3ccccn3)nc3scc(-c4ccncc4)c23)cc1. The lowest BCUT2D eigenvalue weighted by Crippen LogP contribution is -2.12. The fourth-order valence-corrected chi connectivity index (χ4v) is 4.87. The number of anilines is 1. The predicted octanol–water partition coefficient (Wildman–Crippen LogP) is 4.07. The van der Waals surface area contributed by atoms with Crippen LogP contribution in [0, 0.1) is 0 Å². The van der Waals surface area contributed by atoms with Crippen molar-refractivity contribution in [2.75, 3.05) is 5.32 Å². The standard InChI is InChI=1S/C23H18N6O2S2/c24-33(30,31)17-6-4-15(5-7-17)13-27-22-20-18(16-8-11-25-12-9-16)14-32-23(20)29-21(28-22)19-3-1-2-10-26-19/h1-12,14H,13H2,(H2,24,30,31)(H,27,28,29). The van der Waals surface area contributed by atoms with Gasteiger partial charge in [-0.2, -0.15) is 0 Å². The van der Waals surface area contributed by atoms with Crippen molar-refractivity contribution in [3.63, 3.8) is 0 Å². The maximum atomic E-state index is 11.5. The van der Waals surface area contributed by atoms with Crippen LogP contribution in [0.5, 0.6) is 0 Å². The van der Waals surface area contributed by atoms with Crippen molar-refractivity contribution in [3.05, 3.63) is 84.1 Å². The number of hydrogen-bond acceptors (Lipinski definition) is 8. The Hall–Kier alpha value is -3.73. The molecule has 5 aromatic rings. The van der Waals surface area contributed by atoms with Gasteiger partial charge in [0.2, 0.25) is 10.0 Å². The number of pyridine rings is 2. The van der Waals surface area contributed by atoms with E-state index in [9.17, 15) is 8.42 Å². The van der Waals surface area contributed by atoms with Gasteiger partial charge in [0.15, 0.2) is 5.82 Å². The molecule has 0 bridgehead atoms. The first-order valence-electron chi connectivity index (χ1n) is 9.96. The fourth-order valence-electron chi connectivity index (χ4n) is 3.41. The molecule has 33 heavy (non-hydrogen) atoms. The third-order valence-electron chi connectivity index (χ3n) is 5.03. The summed E-state index contributed by atoms with van der Waals surface area (Å²) in [6.07, 6.45) is 5.21. The number of fused-ring (bicyclic) bond motifs is 1. The molecule has 1 aromatic carbocycles. The number of aromatic nitrogens is 4. The molecule has 0 radical (unpaired) electrons. The van der Waals surface area contributed by atoms with Crippen LogP contribution >= 0.6 is 11.3 Å². The predicted molar refractivity (Wildman–Crippen MR) is 129 cm³/mol. The van der Waals surface area contributed by atoms with E-state index >= 15 is 0 Å². The van der Waals surface area contributed by atoms with E-state index in [1.807, 2.05) is 30.3 Å². The minimum absolute atomic E-state index is 0.0749. The van der Waals surface area contributed by atoms with E-state index in [4.69, 9.17) is 15.1 Å². The molecule has 164 valence electrons. The van der Waals surface area contributed by atoms with Crippen molar-refractivity contribution >= 4 is 37.4 Å². The molecule has 0 spiro atoms. The molecule has 0 amide bonds. The number of thiophene rings is 1. The zero-order valence-electron chi connectivity index (χ0n) is 17.2. The molecule has 0 aliphatic heterocycles. The van der Waals surface area contributed by atoms with Crippen molar-refractivity contribution in [1.82, 2.24) is 19.9 Å². The highest BCUT2D eigenvalue weighted by Crippen LogP contribution is 2.38. The van der Waals surface area contributed by atoms with Gasteiger partial charge in [-0.1, -0.05) is 18.2 Å². The lowest BCUT2D eigenvalue weighted by Gasteiger charge is -2.11. The number of nitrogens with zero attached hydrogens (tertiary/aromatic N) is 4. The summed E-state index contributed by atoms with van der Waals surface area (Å²) in [5.74, 6) is 1.20. The monoisotopic (exact) mass is 474 g/mol. The Labute approximate surface area is 194 Å². The van der Waals surface area contributed by atoms with Gasteiger partial charge in [-0.05, 0) is 47.5 Å². The molecule has 3 N–H and O–H groups in total. The highest BCUT2D eigenvalue weighted by atomic mass is 32.2. The number of primary sulfonamides is 1. The van der Waals surface area contributed by atoms with Crippen LogP contribution in [0.2, 0.25) is 0 Å². The average molecular weight is 475 g/mol. The highest BCUT2D eigenvalue weighted by Gasteiger charge is 2.17. The van der Waals surface area contributed by atoms with Crippen LogP contribution in [0.1, 0.15) is 5.56 Å². The second kappa shape index (κ2) is 8.66. The van der Waals surface area contributed by atoms with E-state index < -0.39 is 10.0 Å². The number of benzene rings is 1. The van der Waals surface area contributed by atoms with Crippen molar-refractivity contribution in [2.24, 2.45) is 5.14 Å². The second-order valence-electron chi connectivity index (χ2n) is 7.22. The number of sulfonamides is 1. The molecule has 4 aromatic heterocycles. The van der Waals surface area contributed by atoms with E-state index in [1.165, 1.54) is 23.5 Å². The zero-order chi connectivity index (χ0) is 22.8. The van der Waals surface area contributed by atoms with E-state index in [2.05, 4.69) is 20.7 Å². The maximum Gasteiger partial charge on any atom is 0.238 e. The van der Waals surface area contributed by atoms with Crippen molar-refractivity contribution in [1.29, 1.82) is 0 Å². The Morgan fingerprint density at radius 3 is 2.42 bits per heavy atom. The van der Waals surface area contributed by atoms with E-state index in [0.717, 1.165) is 26.9 Å². The van der Waals surface area contributed by atoms with Gasteiger partial charge in [0, 0.05) is 36.1 Å². The minimum atomic E-state index is -3.73. The molecule has 8 nitrogen and oxygen atoms in total. The molecule has 0 fully saturated rings. The molecule has 0 aliphatic carbocycles. The van der Waals surface area contributed by atoms with Gasteiger partial charge in [0.1, 0.15) is 16.3 Å². The Balaban J connectivity index is 1.56. The van der Waals surface area contributed by atoms with Crippen LogP contribution in [-0.2, 0) is 16.6 Å². The summed E-state index contributed by atoms with van der Waals surface area (Å²) < 4.78 is 23.0. The number of nitrogens with one attached hydrogen (secondary N) is 1. The third kappa shape index (κ3) is 4.44. The largest absolute Gasteiger partial charge is 0.365 e. The van der Waals surface area contributed by atoms with Crippen LogP contribution < -0.4 is 10.5 Å². The summed E-state index contributed by atoms with van der Waals surface area (Å²) in [5, 5.41) is 11.6. The summed E-state index contributed by atoms with van der Waals surface area (Å²) in [4.78, 5) is 19.0. The molecule has 0 unspecified atom stereocenters. The van der Waals surface area contributed by atoms with Crippen LogP contribution in [0.25, 0.3) is 32.9 Å². The molecule has 0 saturated heterocycles. The van der Waals surface area contributed by atoms with E-state index in [1.54, 1.807) is 30.7 Å². The summed E-state index contributed by atoms with van der Waals surface area (Å²) >= 11 is 1.54. The van der Waals surface area contributed by atoms with Crippen LogP contribution in [0.15, 0.2) is 83.5 Å². The van der Waals surface area contributed by atoms with Crippen LogP contribution in [-0.4, -0.2) is 28.4 Å². The Kier molecular flexibility index (Phi) is 5.55. The number of hydrogen-bond donors (Lipinski definition) is 2. The molecule has 4 heterocycles. The molecular formula is C23H18N6O2S2. The second-order valence-corrected chi connectivity index (χ2v) is 9.64. The van der Waals surface area contributed by atoms with Crippen molar-refractivity contribution in [3.8, 4) is 22.6 Å². The van der Waals surface area contributed by atoms with Gasteiger partial charge >= 0.3 is 0 Å².